The van der Waals surface area contributed by atoms with Gasteiger partial charge >= 0.3 is 0 Å². The molecule has 1 aromatic carbocycles. The lowest BCUT2D eigenvalue weighted by Gasteiger charge is -2.14. The number of hydrogen-bond acceptors (Lipinski definition) is 3. The largest absolute Gasteiger partial charge is 0.310 e. The van der Waals surface area contributed by atoms with E-state index in [-0.39, 0.29) is 5.69 Å². The van der Waals surface area contributed by atoms with Gasteiger partial charge in [-0.25, -0.2) is 4.39 Å². The van der Waals surface area contributed by atoms with E-state index in [2.05, 4.69) is 19.2 Å². The summed E-state index contributed by atoms with van der Waals surface area (Å²) in [5.74, 6) is -0.569. The number of hydrogen-bond donors (Lipinski definition) is 1. The summed E-state index contributed by atoms with van der Waals surface area (Å²) >= 11 is 0. The zero-order valence-electron chi connectivity index (χ0n) is 10.1. The Balaban J connectivity index is 2.74. The monoisotopic (exact) mass is 240 g/mol. The second-order valence-electron chi connectivity index (χ2n) is 3.97. The van der Waals surface area contributed by atoms with Gasteiger partial charge in [0, 0.05) is 18.7 Å². The highest BCUT2D eigenvalue weighted by atomic mass is 19.1. The van der Waals surface area contributed by atoms with Crippen LogP contribution in [-0.4, -0.2) is 11.0 Å². The summed E-state index contributed by atoms with van der Waals surface area (Å²) in [7, 11) is 0. The van der Waals surface area contributed by atoms with Crippen LogP contribution in [0.2, 0.25) is 0 Å². The van der Waals surface area contributed by atoms with Crippen molar-refractivity contribution in [2.75, 3.05) is 0 Å². The third kappa shape index (κ3) is 4.11. The topological polar surface area (TPSA) is 55.2 Å². The molecule has 0 aromatic heterocycles. The van der Waals surface area contributed by atoms with E-state index in [1.807, 2.05) is 0 Å². The lowest BCUT2D eigenvalue weighted by molar-refractivity contribution is -0.385. The number of nitro benzene ring substituents is 1. The summed E-state index contributed by atoms with van der Waals surface area (Å²) in [5, 5.41) is 13.8. The van der Waals surface area contributed by atoms with E-state index in [1.54, 1.807) is 0 Å². The summed E-state index contributed by atoms with van der Waals surface area (Å²) < 4.78 is 13.1. The van der Waals surface area contributed by atoms with Crippen LogP contribution in [0, 0.1) is 15.9 Å². The fraction of sp³-hybridized carbons (Fsp3) is 0.500. The molecule has 17 heavy (non-hydrogen) atoms. The standard InChI is InChI=1S/C12H17FN2O2/c1-3-11(4-2)14-8-9-5-10(13)7-12(6-9)15(16)17/h5-7,11,14H,3-4,8H2,1-2H3. The van der Waals surface area contributed by atoms with E-state index in [0.717, 1.165) is 18.9 Å². The fourth-order valence-corrected chi connectivity index (χ4v) is 1.68. The van der Waals surface area contributed by atoms with Gasteiger partial charge in [0.05, 0.1) is 11.0 Å². The third-order valence-electron chi connectivity index (χ3n) is 2.73. The summed E-state index contributed by atoms with van der Waals surface area (Å²) in [6.45, 7) is 4.58. The van der Waals surface area contributed by atoms with Crippen LogP contribution < -0.4 is 5.32 Å². The number of nitrogens with zero attached hydrogens (tertiary/aromatic N) is 1. The van der Waals surface area contributed by atoms with Gasteiger partial charge in [-0.3, -0.25) is 10.1 Å². The first kappa shape index (κ1) is 13.6. The van der Waals surface area contributed by atoms with Crippen LogP contribution in [0.15, 0.2) is 18.2 Å². The molecular formula is C12H17FN2O2. The predicted octanol–water partition coefficient (Wildman–Crippen LogP) is 3.01. The molecule has 1 rings (SSSR count). The van der Waals surface area contributed by atoms with E-state index < -0.39 is 10.7 Å². The molecule has 0 heterocycles. The highest BCUT2D eigenvalue weighted by Crippen LogP contribution is 2.16. The molecule has 0 saturated heterocycles. The SMILES string of the molecule is CCC(CC)NCc1cc(F)cc([N+](=O)[O-])c1. The van der Waals surface area contributed by atoms with Crippen molar-refractivity contribution in [1.82, 2.24) is 5.32 Å². The van der Waals surface area contributed by atoms with Crippen LogP contribution in [0.3, 0.4) is 0 Å². The van der Waals surface area contributed by atoms with E-state index >= 15 is 0 Å². The maximum absolute atomic E-state index is 13.1. The van der Waals surface area contributed by atoms with Crippen molar-refractivity contribution in [3.05, 3.63) is 39.7 Å². The van der Waals surface area contributed by atoms with Crippen molar-refractivity contribution in [2.45, 2.75) is 39.3 Å². The molecular weight excluding hydrogens is 223 g/mol. The Morgan fingerprint density at radius 3 is 2.53 bits per heavy atom. The minimum atomic E-state index is -0.580. The molecule has 0 fully saturated rings. The highest BCUT2D eigenvalue weighted by Gasteiger charge is 2.10. The molecule has 1 aromatic rings. The summed E-state index contributed by atoms with van der Waals surface area (Å²) in [6.07, 6.45) is 1.96. The van der Waals surface area contributed by atoms with E-state index in [1.165, 1.54) is 12.1 Å². The van der Waals surface area contributed by atoms with Gasteiger partial charge in [0.2, 0.25) is 0 Å². The number of halogens is 1. The van der Waals surface area contributed by atoms with E-state index in [9.17, 15) is 14.5 Å². The van der Waals surface area contributed by atoms with Crippen molar-refractivity contribution in [3.8, 4) is 0 Å². The van der Waals surface area contributed by atoms with Gasteiger partial charge in [0.25, 0.3) is 5.69 Å². The summed E-state index contributed by atoms with van der Waals surface area (Å²) in [5.41, 5.74) is 0.398. The lowest BCUT2D eigenvalue weighted by atomic mass is 10.1. The Labute approximate surface area is 100.0 Å². The van der Waals surface area contributed by atoms with Gasteiger partial charge in [-0.05, 0) is 24.5 Å². The molecule has 94 valence electrons. The minimum absolute atomic E-state index is 0.202. The van der Waals surface area contributed by atoms with Crippen LogP contribution in [-0.2, 0) is 6.54 Å². The van der Waals surface area contributed by atoms with Crippen LogP contribution in [0.1, 0.15) is 32.3 Å². The number of nitrogens with one attached hydrogen (secondary N) is 1. The summed E-state index contributed by atoms with van der Waals surface area (Å²) in [6, 6.07) is 4.01. The van der Waals surface area contributed by atoms with Crippen LogP contribution in [0.5, 0.6) is 0 Å². The van der Waals surface area contributed by atoms with Gasteiger partial charge < -0.3 is 5.32 Å². The molecule has 0 saturated carbocycles. The van der Waals surface area contributed by atoms with Crippen LogP contribution >= 0.6 is 0 Å². The number of non-ortho nitro benzene ring substituents is 1. The first-order chi connectivity index (χ1) is 8.06. The van der Waals surface area contributed by atoms with Gasteiger partial charge in [-0.2, -0.15) is 0 Å². The minimum Gasteiger partial charge on any atom is -0.310 e. The average molecular weight is 240 g/mol. The van der Waals surface area contributed by atoms with Crippen molar-refractivity contribution >= 4 is 5.69 Å². The zero-order chi connectivity index (χ0) is 12.8. The van der Waals surface area contributed by atoms with Crippen molar-refractivity contribution in [3.63, 3.8) is 0 Å². The van der Waals surface area contributed by atoms with E-state index in [4.69, 9.17) is 0 Å². The fourth-order valence-electron chi connectivity index (χ4n) is 1.68. The molecule has 0 atom stereocenters. The van der Waals surface area contributed by atoms with Crippen LogP contribution in [0.25, 0.3) is 0 Å². The normalized spacial score (nSPS) is 10.8. The molecule has 0 aliphatic carbocycles. The number of nitro groups is 1. The Morgan fingerprint density at radius 1 is 1.35 bits per heavy atom. The molecule has 4 nitrogen and oxygen atoms in total. The predicted molar refractivity (Wildman–Crippen MR) is 64.3 cm³/mol. The maximum atomic E-state index is 13.1. The molecule has 0 radical (unpaired) electrons. The smallest absolute Gasteiger partial charge is 0.272 e. The molecule has 0 amide bonds. The first-order valence-corrected chi connectivity index (χ1v) is 5.74. The zero-order valence-corrected chi connectivity index (χ0v) is 10.1. The van der Waals surface area contributed by atoms with Gasteiger partial charge in [-0.15, -0.1) is 0 Å². The second-order valence-corrected chi connectivity index (χ2v) is 3.97. The van der Waals surface area contributed by atoms with Gasteiger partial charge in [0.1, 0.15) is 5.82 Å². The molecule has 0 aliphatic heterocycles. The van der Waals surface area contributed by atoms with Gasteiger partial charge in [-0.1, -0.05) is 13.8 Å². The first-order valence-electron chi connectivity index (χ1n) is 5.74. The molecule has 0 aliphatic rings. The quantitative estimate of drug-likeness (QED) is 0.614. The number of rotatable bonds is 6. The molecule has 1 N–H and O–H groups in total. The Kier molecular flexibility index (Phi) is 5.03. The second kappa shape index (κ2) is 6.30. The lowest BCUT2D eigenvalue weighted by Crippen LogP contribution is -2.27. The maximum Gasteiger partial charge on any atom is 0.272 e. The van der Waals surface area contributed by atoms with Crippen LogP contribution in [0.4, 0.5) is 10.1 Å². The third-order valence-corrected chi connectivity index (χ3v) is 2.73. The molecule has 0 unspecified atom stereocenters. The average Bonchev–Trinajstić information content (AvgIpc) is 2.29. The van der Waals surface area contributed by atoms with E-state index in [0.29, 0.717) is 18.2 Å². The Bertz CT molecular complexity index is 392. The molecule has 0 spiro atoms. The van der Waals surface area contributed by atoms with Crippen molar-refractivity contribution in [1.29, 1.82) is 0 Å². The molecule has 5 heteroatoms. The number of benzene rings is 1. The van der Waals surface area contributed by atoms with Crippen molar-refractivity contribution in [2.24, 2.45) is 0 Å². The Hall–Kier alpha value is -1.49. The Morgan fingerprint density at radius 2 is 2.00 bits per heavy atom. The van der Waals surface area contributed by atoms with Gasteiger partial charge in [0.15, 0.2) is 0 Å². The van der Waals surface area contributed by atoms with Crippen molar-refractivity contribution < 1.29 is 9.31 Å². The summed E-state index contributed by atoms with van der Waals surface area (Å²) in [4.78, 5) is 9.99. The molecule has 0 bridgehead atoms. The highest BCUT2D eigenvalue weighted by molar-refractivity contribution is 5.35.